The van der Waals surface area contributed by atoms with Crippen LogP contribution in [0.4, 0.5) is 0 Å². The van der Waals surface area contributed by atoms with Crippen molar-refractivity contribution < 1.29 is 4.79 Å². The maximum Gasteiger partial charge on any atom is 0.224 e. The molecule has 0 radical (unpaired) electrons. The van der Waals surface area contributed by atoms with Crippen LogP contribution >= 0.6 is 0 Å². The van der Waals surface area contributed by atoms with Gasteiger partial charge < -0.3 is 15.2 Å². The first-order valence-electron chi connectivity index (χ1n) is 9.26. The van der Waals surface area contributed by atoms with E-state index in [1.165, 1.54) is 5.56 Å². The molecule has 0 aliphatic carbocycles. The molecule has 1 unspecified atom stereocenters. The Morgan fingerprint density at radius 1 is 1.15 bits per heavy atom. The summed E-state index contributed by atoms with van der Waals surface area (Å²) < 4.78 is 2.15. The predicted molar refractivity (Wildman–Crippen MR) is 103 cm³/mol. The highest BCUT2D eigenvalue weighted by Gasteiger charge is 2.20. The number of amides is 1. The van der Waals surface area contributed by atoms with E-state index in [4.69, 9.17) is 0 Å². The fourth-order valence-corrected chi connectivity index (χ4v) is 3.50. The van der Waals surface area contributed by atoms with Crippen LogP contribution in [0.3, 0.4) is 0 Å². The minimum atomic E-state index is 0.109. The highest BCUT2D eigenvalue weighted by Crippen LogP contribution is 2.15. The van der Waals surface area contributed by atoms with Crippen LogP contribution in [0.25, 0.3) is 11.0 Å². The molecule has 1 aliphatic heterocycles. The van der Waals surface area contributed by atoms with Crippen LogP contribution < -0.4 is 10.6 Å². The van der Waals surface area contributed by atoms with Gasteiger partial charge in [0.2, 0.25) is 5.91 Å². The lowest BCUT2D eigenvalue weighted by atomic mass is 9.99. The van der Waals surface area contributed by atoms with Crippen molar-refractivity contribution in [2.75, 3.05) is 13.1 Å². The van der Waals surface area contributed by atoms with Gasteiger partial charge >= 0.3 is 0 Å². The second kappa shape index (κ2) is 7.70. The van der Waals surface area contributed by atoms with Gasteiger partial charge in [-0.15, -0.1) is 0 Å². The highest BCUT2D eigenvalue weighted by molar-refractivity contribution is 5.79. The fraction of sp³-hybridized carbons (Fsp3) is 0.333. The molecule has 2 aromatic carbocycles. The predicted octanol–water partition coefficient (Wildman–Crippen LogP) is 2.70. The van der Waals surface area contributed by atoms with Crippen molar-refractivity contribution in [1.29, 1.82) is 0 Å². The summed E-state index contributed by atoms with van der Waals surface area (Å²) in [6.45, 7) is 3.20. The van der Waals surface area contributed by atoms with E-state index in [-0.39, 0.29) is 11.8 Å². The Kier molecular flexibility index (Phi) is 4.97. The zero-order valence-corrected chi connectivity index (χ0v) is 14.8. The van der Waals surface area contributed by atoms with Crippen molar-refractivity contribution in [2.24, 2.45) is 5.92 Å². The first kappa shape index (κ1) is 16.8. The molecular formula is C21H24N4O. The number of aromatic nitrogens is 2. The standard InChI is InChI=1S/C21H24N4O/c26-21(18-4-3-11-22-13-18)23-12-16-7-9-17(10-8-16)14-25-15-24-19-5-1-2-6-20(19)25/h1-2,5-10,15,18,22H,3-4,11-14H2,(H,23,26). The molecule has 1 amide bonds. The number of fused-ring (bicyclic) bond motifs is 1. The molecule has 1 fully saturated rings. The molecular weight excluding hydrogens is 324 g/mol. The van der Waals surface area contributed by atoms with Crippen LogP contribution in [-0.2, 0) is 17.9 Å². The summed E-state index contributed by atoms with van der Waals surface area (Å²) in [7, 11) is 0. The number of nitrogens with zero attached hydrogens (tertiary/aromatic N) is 2. The van der Waals surface area contributed by atoms with Crippen LogP contribution in [0.15, 0.2) is 54.9 Å². The summed E-state index contributed by atoms with van der Waals surface area (Å²) in [6.07, 6.45) is 3.95. The number of hydrogen-bond acceptors (Lipinski definition) is 3. The Balaban J connectivity index is 1.35. The molecule has 26 heavy (non-hydrogen) atoms. The number of hydrogen-bond donors (Lipinski definition) is 2. The third-order valence-corrected chi connectivity index (χ3v) is 5.04. The molecule has 3 aromatic rings. The third-order valence-electron chi connectivity index (χ3n) is 5.04. The van der Waals surface area contributed by atoms with Gasteiger partial charge in [0, 0.05) is 19.6 Å². The van der Waals surface area contributed by atoms with Crippen LogP contribution in [0.1, 0.15) is 24.0 Å². The Labute approximate surface area is 153 Å². The largest absolute Gasteiger partial charge is 0.352 e. The van der Waals surface area contributed by atoms with Gasteiger partial charge in [-0.3, -0.25) is 4.79 Å². The minimum Gasteiger partial charge on any atom is -0.352 e. The van der Waals surface area contributed by atoms with Crippen molar-refractivity contribution in [3.63, 3.8) is 0 Å². The molecule has 4 rings (SSSR count). The van der Waals surface area contributed by atoms with Crippen molar-refractivity contribution in [1.82, 2.24) is 20.2 Å². The summed E-state index contributed by atoms with van der Waals surface area (Å²) in [5.74, 6) is 0.267. The van der Waals surface area contributed by atoms with Gasteiger partial charge in [-0.2, -0.15) is 0 Å². The van der Waals surface area contributed by atoms with Crippen LogP contribution in [-0.4, -0.2) is 28.5 Å². The molecule has 5 nitrogen and oxygen atoms in total. The van der Waals surface area contributed by atoms with E-state index in [0.29, 0.717) is 6.54 Å². The zero-order valence-electron chi connectivity index (χ0n) is 14.8. The van der Waals surface area contributed by atoms with E-state index in [1.54, 1.807) is 0 Å². The number of para-hydroxylation sites is 2. The SMILES string of the molecule is O=C(NCc1ccc(Cn2cnc3ccccc32)cc1)C1CCCNC1. The molecule has 134 valence electrons. The van der Waals surface area contributed by atoms with E-state index >= 15 is 0 Å². The number of benzene rings is 2. The first-order chi connectivity index (χ1) is 12.8. The van der Waals surface area contributed by atoms with Crippen LogP contribution in [0.2, 0.25) is 0 Å². The lowest BCUT2D eigenvalue weighted by Crippen LogP contribution is -2.40. The normalized spacial score (nSPS) is 17.3. The fourth-order valence-electron chi connectivity index (χ4n) is 3.50. The van der Waals surface area contributed by atoms with E-state index in [2.05, 4.69) is 50.5 Å². The average Bonchev–Trinajstić information content (AvgIpc) is 3.11. The Hall–Kier alpha value is -2.66. The summed E-state index contributed by atoms with van der Waals surface area (Å²) in [5, 5.41) is 6.35. The molecule has 0 saturated carbocycles. The summed E-state index contributed by atoms with van der Waals surface area (Å²) in [6, 6.07) is 16.6. The van der Waals surface area contributed by atoms with Crippen molar-refractivity contribution in [3.05, 3.63) is 66.0 Å². The van der Waals surface area contributed by atoms with Crippen molar-refractivity contribution in [2.45, 2.75) is 25.9 Å². The van der Waals surface area contributed by atoms with E-state index in [9.17, 15) is 4.79 Å². The van der Waals surface area contributed by atoms with Gasteiger partial charge in [0.05, 0.1) is 23.3 Å². The van der Waals surface area contributed by atoms with Crippen molar-refractivity contribution in [3.8, 4) is 0 Å². The maximum absolute atomic E-state index is 12.2. The molecule has 5 heteroatoms. The average molecular weight is 348 g/mol. The molecule has 2 N–H and O–H groups in total. The lowest BCUT2D eigenvalue weighted by Gasteiger charge is -2.21. The van der Waals surface area contributed by atoms with Gasteiger partial charge in [0.25, 0.3) is 0 Å². The molecule has 1 aromatic heterocycles. The van der Waals surface area contributed by atoms with E-state index < -0.39 is 0 Å². The van der Waals surface area contributed by atoms with Gasteiger partial charge in [-0.25, -0.2) is 4.98 Å². The highest BCUT2D eigenvalue weighted by atomic mass is 16.1. The number of rotatable bonds is 5. The number of carbonyl (C=O) groups is 1. The number of imidazole rings is 1. The second-order valence-corrected chi connectivity index (χ2v) is 6.94. The molecule has 1 aliphatic rings. The van der Waals surface area contributed by atoms with Gasteiger partial charge in [0.15, 0.2) is 0 Å². The van der Waals surface area contributed by atoms with E-state index in [0.717, 1.165) is 49.1 Å². The lowest BCUT2D eigenvalue weighted by molar-refractivity contribution is -0.125. The quantitative estimate of drug-likeness (QED) is 0.745. The zero-order chi connectivity index (χ0) is 17.8. The van der Waals surface area contributed by atoms with E-state index in [1.807, 2.05) is 24.5 Å². The topological polar surface area (TPSA) is 59.0 Å². The van der Waals surface area contributed by atoms with Gasteiger partial charge in [-0.1, -0.05) is 36.4 Å². The molecule has 2 heterocycles. The molecule has 1 saturated heterocycles. The smallest absolute Gasteiger partial charge is 0.224 e. The van der Waals surface area contributed by atoms with Gasteiger partial charge in [0.1, 0.15) is 0 Å². The first-order valence-corrected chi connectivity index (χ1v) is 9.26. The summed E-state index contributed by atoms with van der Waals surface area (Å²) in [5.41, 5.74) is 4.51. The Morgan fingerprint density at radius 2 is 1.96 bits per heavy atom. The molecule has 1 atom stereocenters. The number of carbonyl (C=O) groups excluding carboxylic acids is 1. The number of piperidine rings is 1. The minimum absolute atomic E-state index is 0.109. The monoisotopic (exact) mass is 348 g/mol. The second-order valence-electron chi connectivity index (χ2n) is 6.94. The molecule has 0 spiro atoms. The Bertz CT molecular complexity index is 878. The summed E-state index contributed by atoms with van der Waals surface area (Å²) >= 11 is 0. The van der Waals surface area contributed by atoms with Crippen LogP contribution in [0.5, 0.6) is 0 Å². The van der Waals surface area contributed by atoms with Gasteiger partial charge in [-0.05, 0) is 42.6 Å². The third kappa shape index (κ3) is 3.78. The maximum atomic E-state index is 12.2. The number of nitrogens with one attached hydrogen (secondary N) is 2. The van der Waals surface area contributed by atoms with Crippen LogP contribution in [0, 0.1) is 5.92 Å². The summed E-state index contributed by atoms with van der Waals surface area (Å²) in [4.78, 5) is 16.6. The Morgan fingerprint density at radius 3 is 2.77 bits per heavy atom. The van der Waals surface area contributed by atoms with Crippen molar-refractivity contribution >= 4 is 16.9 Å². The molecule has 0 bridgehead atoms.